The number of ether oxygens (including phenoxy) is 2. The van der Waals surface area contributed by atoms with Crippen LogP contribution in [0.4, 0.5) is 0 Å². The minimum absolute atomic E-state index is 0.0720. The van der Waals surface area contributed by atoms with E-state index in [4.69, 9.17) is 9.47 Å². The highest BCUT2D eigenvalue weighted by Gasteiger charge is 2.41. The number of Topliss-reactive ketones (excluding diaryl/α,β-unsaturated/α-hetero) is 1. The van der Waals surface area contributed by atoms with Crippen molar-refractivity contribution in [1.29, 1.82) is 0 Å². The van der Waals surface area contributed by atoms with E-state index in [1.165, 1.54) is 0 Å². The van der Waals surface area contributed by atoms with Gasteiger partial charge in [0.25, 0.3) is 0 Å². The maximum absolute atomic E-state index is 12.1. The molecule has 4 heteroatoms. The van der Waals surface area contributed by atoms with Gasteiger partial charge in [0.1, 0.15) is 11.5 Å². The lowest BCUT2D eigenvalue weighted by molar-refractivity contribution is -0.124. The molecule has 0 aliphatic heterocycles. The molecule has 0 radical (unpaired) electrons. The van der Waals surface area contributed by atoms with Crippen LogP contribution in [-0.2, 0) is 16.1 Å². The van der Waals surface area contributed by atoms with Gasteiger partial charge < -0.3 is 14.6 Å². The van der Waals surface area contributed by atoms with Gasteiger partial charge in [-0.2, -0.15) is 0 Å². The smallest absolute Gasteiger partial charge is 0.136 e. The number of methoxy groups -OCH3 is 1. The summed E-state index contributed by atoms with van der Waals surface area (Å²) in [5.41, 5.74) is 0.570. The second-order valence-corrected chi connectivity index (χ2v) is 6.91. The molecule has 2 rings (SSSR count). The second kappa shape index (κ2) is 6.80. The zero-order chi connectivity index (χ0) is 16.3. The van der Waals surface area contributed by atoms with Crippen molar-refractivity contribution in [1.82, 2.24) is 0 Å². The molecular formula is C18H26O4. The fraction of sp³-hybridized carbons (Fsp3) is 0.611. The summed E-state index contributed by atoms with van der Waals surface area (Å²) < 4.78 is 11.1. The van der Waals surface area contributed by atoms with E-state index < -0.39 is 11.5 Å². The first kappa shape index (κ1) is 17.0. The van der Waals surface area contributed by atoms with Crippen LogP contribution in [0, 0.1) is 11.3 Å². The van der Waals surface area contributed by atoms with Gasteiger partial charge in [0, 0.05) is 17.8 Å². The number of hydrogen-bond acceptors (Lipinski definition) is 4. The van der Waals surface area contributed by atoms with Gasteiger partial charge in [0.05, 0.1) is 25.9 Å². The number of aliphatic hydroxyl groups is 1. The largest absolute Gasteiger partial charge is 0.497 e. The SMILES string of the molecule is COc1ccc(COC2CC(C)C(=O)CC(C)(C)C2O)cc1. The molecule has 1 aliphatic rings. The molecule has 0 bridgehead atoms. The quantitative estimate of drug-likeness (QED) is 0.869. The first-order valence-corrected chi connectivity index (χ1v) is 7.79. The van der Waals surface area contributed by atoms with Crippen molar-refractivity contribution in [3.05, 3.63) is 29.8 Å². The van der Waals surface area contributed by atoms with Crippen molar-refractivity contribution in [3.63, 3.8) is 0 Å². The van der Waals surface area contributed by atoms with Crippen molar-refractivity contribution in [2.24, 2.45) is 11.3 Å². The average molecular weight is 306 g/mol. The summed E-state index contributed by atoms with van der Waals surface area (Å²) in [4.78, 5) is 12.1. The molecule has 1 aromatic carbocycles. The Morgan fingerprint density at radius 3 is 2.50 bits per heavy atom. The number of hydrogen-bond donors (Lipinski definition) is 1. The van der Waals surface area contributed by atoms with Gasteiger partial charge in [-0.15, -0.1) is 0 Å². The predicted octanol–water partition coefficient (Wildman–Crippen LogP) is 2.97. The fourth-order valence-corrected chi connectivity index (χ4v) is 2.92. The van der Waals surface area contributed by atoms with E-state index in [1.807, 2.05) is 45.0 Å². The summed E-state index contributed by atoms with van der Waals surface area (Å²) >= 11 is 0. The van der Waals surface area contributed by atoms with E-state index in [0.717, 1.165) is 11.3 Å². The standard InChI is InChI=1S/C18H26O4/c1-12-9-16(17(20)18(2,3)10-15(12)19)22-11-13-5-7-14(21-4)8-6-13/h5-8,12,16-17,20H,9-11H2,1-4H3. The van der Waals surface area contributed by atoms with E-state index in [2.05, 4.69) is 0 Å². The first-order chi connectivity index (χ1) is 10.3. The van der Waals surface area contributed by atoms with Crippen molar-refractivity contribution in [2.75, 3.05) is 7.11 Å². The Bertz CT molecular complexity index is 506. The Labute approximate surface area is 132 Å². The van der Waals surface area contributed by atoms with Gasteiger partial charge in [0.2, 0.25) is 0 Å². The molecule has 0 saturated heterocycles. The third-order valence-electron chi connectivity index (χ3n) is 4.54. The van der Waals surface area contributed by atoms with E-state index >= 15 is 0 Å². The van der Waals surface area contributed by atoms with Crippen LogP contribution in [0.5, 0.6) is 5.75 Å². The van der Waals surface area contributed by atoms with Crippen LogP contribution in [-0.4, -0.2) is 30.2 Å². The summed E-state index contributed by atoms with van der Waals surface area (Å²) in [6.07, 6.45) is 0.00956. The topological polar surface area (TPSA) is 55.8 Å². The van der Waals surface area contributed by atoms with Crippen molar-refractivity contribution in [3.8, 4) is 5.75 Å². The highest BCUT2D eigenvalue weighted by molar-refractivity contribution is 5.81. The molecule has 3 unspecified atom stereocenters. The molecule has 122 valence electrons. The summed E-state index contributed by atoms with van der Waals surface area (Å²) in [7, 11) is 1.63. The summed E-state index contributed by atoms with van der Waals surface area (Å²) in [6.45, 7) is 6.19. The van der Waals surface area contributed by atoms with Crippen molar-refractivity contribution >= 4 is 5.78 Å². The maximum atomic E-state index is 12.1. The van der Waals surface area contributed by atoms with Crippen LogP contribution in [0.2, 0.25) is 0 Å². The Kier molecular flexibility index (Phi) is 5.24. The third-order valence-corrected chi connectivity index (χ3v) is 4.54. The first-order valence-electron chi connectivity index (χ1n) is 7.79. The summed E-state index contributed by atoms with van der Waals surface area (Å²) in [6, 6.07) is 7.67. The Morgan fingerprint density at radius 1 is 1.27 bits per heavy atom. The molecule has 1 aromatic rings. The lowest BCUT2D eigenvalue weighted by Gasteiger charge is -2.33. The van der Waals surface area contributed by atoms with Gasteiger partial charge >= 0.3 is 0 Å². The number of rotatable bonds is 4. The monoisotopic (exact) mass is 306 g/mol. The lowest BCUT2D eigenvalue weighted by Crippen LogP contribution is -2.40. The number of carbonyl (C=O) groups is 1. The van der Waals surface area contributed by atoms with Crippen LogP contribution < -0.4 is 4.74 Å². The van der Waals surface area contributed by atoms with E-state index in [9.17, 15) is 9.90 Å². The minimum Gasteiger partial charge on any atom is -0.497 e. The van der Waals surface area contributed by atoms with Gasteiger partial charge in [0.15, 0.2) is 0 Å². The Morgan fingerprint density at radius 2 is 1.91 bits per heavy atom. The Hall–Kier alpha value is -1.39. The van der Waals surface area contributed by atoms with Crippen LogP contribution >= 0.6 is 0 Å². The minimum atomic E-state index is -0.639. The molecule has 1 aliphatic carbocycles. The van der Waals surface area contributed by atoms with Gasteiger partial charge in [-0.25, -0.2) is 0 Å². The van der Waals surface area contributed by atoms with Crippen LogP contribution in [0.15, 0.2) is 24.3 Å². The van der Waals surface area contributed by atoms with Gasteiger partial charge in [-0.3, -0.25) is 4.79 Å². The normalized spacial score (nSPS) is 28.2. The molecule has 0 amide bonds. The van der Waals surface area contributed by atoms with Crippen molar-refractivity contribution in [2.45, 2.75) is 52.4 Å². The second-order valence-electron chi connectivity index (χ2n) is 6.91. The van der Waals surface area contributed by atoms with Crippen LogP contribution in [0.3, 0.4) is 0 Å². The van der Waals surface area contributed by atoms with E-state index in [-0.39, 0.29) is 17.8 Å². The summed E-state index contributed by atoms with van der Waals surface area (Å²) in [5.74, 6) is 0.940. The number of carbonyl (C=O) groups excluding carboxylic acids is 1. The zero-order valence-electron chi connectivity index (χ0n) is 13.8. The van der Waals surface area contributed by atoms with E-state index in [1.54, 1.807) is 7.11 Å². The van der Waals surface area contributed by atoms with Crippen LogP contribution in [0.25, 0.3) is 0 Å². The highest BCUT2D eigenvalue weighted by Crippen LogP contribution is 2.36. The maximum Gasteiger partial charge on any atom is 0.136 e. The zero-order valence-corrected chi connectivity index (χ0v) is 13.8. The molecule has 0 heterocycles. The third kappa shape index (κ3) is 3.87. The molecule has 0 aromatic heterocycles. The summed E-state index contributed by atoms with van der Waals surface area (Å²) in [5, 5.41) is 10.6. The molecule has 1 N–H and O–H groups in total. The average Bonchev–Trinajstić information content (AvgIpc) is 2.56. The Balaban J connectivity index is 2.04. The number of ketones is 1. The molecule has 4 nitrogen and oxygen atoms in total. The highest BCUT2D eigenvalue weighted by atomic mass is 16.5. The van der Waals surface area contributed by atoms with E-state index in [0.29, 0.717) is 19.4 Å². The molecule has 0 spiro atoms. The van der Waals surface area contributed by atoms with Gasteiger partial charge in [-0.1, -0.05) is 32.9 Å². The number of benzene rings is 1. The van der Waals surface area contributed by atoms with Gasteiger partial charge in [-0.05, 0) is 24.1 Å². The van der Waals surface area contributed by atoms with Crippen molar-refractivity contribution < 1.29 is 19.4 Å². The molecule has 3 atom stereocenters. The predicted molar refractivity (Wildman–Crippen MR) is 84.8 cm³/mol. The number of aliphatic hydroxyl groups excluding tert-OH is 1. The molecular weight excluding hydrogens is 280 g/mol. The molecule has 1 fully saturated rings. The van der Waals surface area contributed by atoms with Crippen LogP contribution in [0.1, 0.15) is 39.2 Å². The molecule has 22 heavy (non-hydrogen) atoms. The fourth-order valence-electron chi connectivity index (χ4n) is 2.92. The molecule has 1 saturated carbocycles. The lowest BCUT2D eigenvalue weighted by atomic mass is 9.81.